The van der Waals surface area contributed by atoms with E-state index in [1.807, 2.05) is 77.1 Å². The molecule has 2 aliphatic rings. The van der Waals surface area contributed by atoms with Crippen molar-refractivity contribution < 1.29 is 19.1 Å². The lowest BCUT2D eigenvalue weighted by Gasteiger charge is -2.35. The minimum absolute atomic E-state index is 0.0615. The highest BCUT2D eigenvalue weighted by Gasteiger charge is 2.32. The summed E-state index contributed by atoms with van der Waals surface area (Å²) in [5.74, 6) is 0.399. The number of piperidine rings is 1. The molecule has 234 valence electrons. The van der Waals surface area contributed by atoms with Crippen molar-refractivity contribution in [2.75, 3.05) is 19.7 Å². The predicted molar refractivity (Wildman–Crippen MR) is 173 cm³/mol. The second kappa shape index (κ2) is 12.0. The number of ether oxygens (including phenoxy) is 2. The quantitative estimate of drug-likeness (QED) is 0.265. The lowest BCUT2D eigenvalue weighted by molar-refractivity contribution is 0.0186. The first-order chi connectivity index (χ1) is 21.5. The molecule has 0 saturated carbocycles. The highest BCUT2D eigenvalue weighted by molar-refractivity contribution is 5.81. The summed E-state index contributed by atoms with van der Waals surface area (Å²) in [5, 5.41) is 3.50. The number of aryl methyl sites for hydroxylation is 1. The molecule has 9 heteroatoms. The Labute approximate surface area is 263 Å². The molecule has 1 aliphatic carbocycles. The molecule has 1 atom stereocenters. The first kappa shape index (κ1) is 30.4. The molecular weight excluding hydrogens is 568 g/mol. The summed E-state index contributed by atoms with van der Waals surface area (Å²) in [6.07, 6.45) is 0.187. The number of nitrogens with zero attached hydrogens (tertiary/aromatic N) is 3. The molecule has 3 aromatic carbocycles. The van der Waals surface area contributed by atoms with Gasteiger partial charge in [-0.3, -0.25) is 9.36 Å². The summed E-state index contributed by atoms with van der Waals surface area (Å²) in [7, 11) is 0. The summed E-state index contributed by atoms with van der Waals surface area (Å²) >= 11 is 0. The van der Waals surface area contributed by atoms with E-state index in [4.69, 9.17) is 14.5 Å². The molecule has 9 nitrogen and oxygen atoms in total. The number of carbonyl (C=O) groups excluding carboxylic acids is 2. The number of alkyl carbamates (subject to hydrolysis) is 1. The molecule has 1 N–H and O–H groups in total. The predicted octanol–water partition coefficient (Wildman–Crippen LogP) is 6.88. The summed E-state index contributed by atoms with van der Waals surface area (Å²) in [6, 6.07) is 21.2. The van der Waals surface area contributed by atoms with E-state index in [9.17, 15) is 14.4 Å². The van der Waals surface area contributed by atoms with Crippen molar-refractivity contribution in [1.29, 1.82) is 0 Å². The minimum Gasteiger partial charge on any atom is -0.449 e. The lowest BCUT2D eigenvalue weighted by atomic mass is 9.98. The van der Waals surface area contributed by atoms with Crippen LogP contribution in [0.3, 0.4) is 0 Å². The minimum atomic E-state index is -0.609. The largest absolute Gasteiger partial charge is 0.449 e. The Morgan fingerprint density at radius 1 is 0.956 bits per heavy atom. The van der Waals surface area contributed by atoms with Gasteiger partial charge in [0, 0.05) is 25.0 Å². The number of amides is 2. The number of hydrogen-bond acceptors (Lipinski definition) is 6. The molecule has 45 heavy (non-hydrogen) atoms. The molecule has 6 rings (SSSR count). The fraction of sp³-hybridized carbons (Fsp3) is 0.389. The molecule has 0 unspecified atom stereocenters. The Balaban J connectivity index is 1.22. The van der Waals surface area contributed by atoms with Crippen molar-refractivity contribution in [3.05, 3.63) is 99.6 Å². The number of fused-ring (bicyclic) bond motifs is 4. The number of rotatable bonds is 5. The van der Waals surface area contributed by atoms with Gasteiger partial charge in [0.2, 0.25) is 0 Å². The van der Waals surface area contributed by atoms with Gasteiger partial charge in [0.05, 0.1) is 16.9 Å². The average molecular weight is 609 g/mol. The molecule has 2 heterocycles. The Hall–Kier alpha value is -4.66. The van der Waals surface area contributed by atoms with Crippen LogP contribution in [-0.4, -0.2) is 51.9 Å². The molecule has 1 aliphatic heterocycles. The standard InChI is InChI=1S/C36H40N4O5/c1-22-11-10-16-30-31(22)33(41)40(24-17-19-39(20-18-24)35(43)45-36(3,4)5)32(38-30)23(2)37-34(42)44-21-29-27-14-8-6-12-25(27)26-13-7-9-15-28(26)29/h6-16,23-24,29H,17-21H2,1-5H3,(H,37,42)/t23-/m0/s1. The van der Waals surface area contributed by atoms with Crippen LogP contribution < -0.4 is 10.9 Å². The molecular formula is C36H40N4O5. The first-order valence-electron chi connectivity index (χ1n) is 15.6. The van der Waals surface area contributed by atoms with E-state index in [-0.39, 0.29) is 30.2 Å². The van der Waals surface area contributed by atoms with Gasteiger partial charge in [-0.2, -0.15) is 0 Å². The Bertz CT molecular complexity index is 1770. The molecule has 2 amide bonds. The molecule has 1 fully saturated rings. The Morgan fingerprint density at radius 3 is 2.20 bits per heavy atom. The van der Waals surface area contributed by atoms with Crippen LogP contribution in [0.5, 0.6) is 0 Å². The van der Waals surface area contributed by atoms with Crippen LogP contribution in [-0.2, 0) is 9.47 Å². The number of hydrogen-bond donors (Lipinski definition) is 1. The highest BCUT2D eigenvalue weighted by Crippen LogP contribution is 2.44. The topological polar surface area (TPSA) is 103 Å². The third kappa shape index (κ3) is 6.03. The average Bonchev–Trinajstić information content (AvgIpc) is 3.32. The van der Waals surface area contributed by atoms with E-state index in [1.54, 1.807) is 9.47 Å². The maximum absolute atomic E-state index is 14.1. The highest BCUT2D eigenvalue weighted by atomic mass is 16.6. The van der Waals surface area contributed by atoms with Crippen molar-refractivity contribution in [1.82, 2.24) is 19.8 Å². The fourth-order valence-corrected chi connectivity index (χ4v) is 6.60. The summed E-state index contributed by atoms with van der Waals surface area (Å²) in [5.41, 5.74) is 5.28. The third-order valence-electron chi connectivity index (χ3n) is 8.71. The monoisotopic (exact) mass is 608 g/mol. The van der Waals surface area contributed by atoms with Crippen molar-refractivity contribution in [2.24, 2.45) is 0 Å². The summed E-state index contributed by atoms with van der Waals surface area (Å²) in [4.78, 5) is 46.6. The number of likely N-dealkylation sites (tertiary alicyclic amines) is 1. The zero-order valence-electron chi connectivity index (χ0n) is 26.5. The van der Waals surface area contributed by atoms with Crippen LogP contribution in [0.2, 0.25) is 0 Å². The number of carbonyl (C=O) groups is 2. The van der Waals surface area contributed by atoms with Gasteiger partial charge in [-0.15, -0.1) is 0 Å². The summed E-state index contributed by atoms with van der Waals surface area (Å²) < 4.78 is 13.1. The molecule has 0 radical (unpaired) electrons. The maximum Gasteiger partial charge on any atom is 0.410 e. The van der Waals surface area contributed by atoms with E-state index >= 15 is 0 Å². The van der Waals surface area contributed by atoms with Crippen molar-refractivity contribution in [3.63, 3.8) is 0 Å². The van der Waals surface area contributed by atoms with Gasteiger partial charge in [0.25, 0.3) is 5.56 Å². The van der Waals surface area contributed by atoms with Crippen LogP contribution in [0.1, 0.15) is 81.1 Å². The van der Waals surface area contributed by atoms with Gasteiger partial charge >= 0.3 is 12.2 Å². The summed E-state index contributed by atoms with van der Waals surface area (Å²) in [6.45, 7) is 10.3. The second-order valence-corrected chi connectivity index (χ2v) is 13.0. The van der Waals surface area contributed by atoms with Crippen LogP contribution in [0.25, 0.3) is 22.0 Å². The molecule has 0 bridgehead atoms. The van der Waals surface area contributed by atoms with E-state index < -0.39 is 17.7 Å². The van der Waals surface area contributed by atoms with Gasteiger partial charge in [-0.05, 0) is 81.3 Å². The van der Waals surface area contributed by atoms with Gasteiger partial charge in [0.15, 0.2) is 0 Å². The van der Waals surface area contributed by atoms with E-state index in [0.29, 0.717) is 42.7 Å². The SMILES string of the molecule is Cc1cccc2nc([C@H](C)NC(=O)OCC3c4ccccc4-c4ccccc43)n(C3CCN(C(=O)OC(C)(C)C)CC3)c(=O)c12. The number of nitrogens with one attached hydrogen (secondary N) is 1. The van der Waals surface area contributed by atoms with Crippen LogP contribution >= 0.6 is 0 Å². The van der Waals surface area contributed by atoms with E-state index in [1.165, 1.54) is 0 Å². The van der Waals surface area contributed by atoms with Gasteiger partial charge in [-0.1, -0.05) is 60.7 Å². The molecule has 1 saturated heterocycles. The first-order valence-corrected chi connectivity index (χ1v) is 15.6. The van der Waals surface area contributed by atoms with Crippen molar-refractivity contribution >= 4 is 23.1 Å². The second-order valence-electron chi connectivity index (χ2n) is 13.0. The smallest absolute Gasteiger partial charge is 0.410 e. The Kier molecular flexibility index (Phi) is 8.12. The number of aromatic nitrogens is 2. The Morgan fingerprint density at radius 2 is 1.58 bits per heavy atom. The zero-order chi connectivity index (χ0) is 31.9. The lowest BCUT2D eigenvalue weighted by Crippen LogP contribution is -2.44. The third-order valence-corrected chi connectivity index (χ3v) is 8.71. The molecule has 1 aromatic heterocycles. The maximum atomic E-state index is 14.1. The molecule has 4 aromatic rings. The number of benzene rings is 3. The fourth-order valence-electron chi connectivity index (χ4n) is 6.60. The van der Waals surface area contributed by atoms with Gasteiger partial charge in [0.1, 0.15) is 18.0 Å². The van der Waals surface area contributed by atoms with Gasteiger partial charge < -0.3 is 19.7 Å². The van der Waals surface area contributed by atoms with Crippen molar-refractivity contribution in [3.8, 4) is 11.1 Å². The van der Waals surface area contributed by atoms with Crippen LogP contribution in [0.4, 0.5) is 9.59 Å². The van der Waals surface area contributed by atoms with Crippen LogP contribution in [0.15, 0.2) is 71.5 Å². The van der Waals surface area contributed by atoms with Crippen LogP contribution in [0, 0.1) is 6.92 Å². The van der Waals surface area contributed by atoms with E-state index in [2.05, 4.69) is 29.6 Å². The van der Waals surface area contributed by atoms with E-state index in [0.717, 1.165) is 27.8 Å². The zero-order valence-corrected chi connectivity index (χ0v) is 26.5. The van der Waals surface area contributed by atoms with Gasteiger partial charge in [-0.25, -0.2) is 14.6 Å². The molecule has 0 spiro atoms. The normalized spacial score (nSPS) is 15.8. The van der Waals surface area contributed by atoms with Crippen molar-refractivity contribution in [2.45, 2.75) is 71.1 Å².